The monoisotopic (exact) mass is 1160 g/mol. The van der Waals surface area contributed by atoms with Gasteiger partial charge in [0.25, 0.3) is 0 Å². The highest BCUT2D eigenvalue weighted by Crippen LogP contribution is 2.30. The fourth-order valence-corrected chi connectivity index (χ4v) is 12.0. The van der Waals surface area contributed by atoms with E-state index in [0.29, 0.717) is 12.8 Å². The highest BCUT2D eigenvalue weighted by Gasteiger charge is 2.51. The van der Waals surface area contributed by atoms with Crippen LogP contribution in [0.25, 0.3) is 0 Å². The zero-order valence-electron chi connectivity index (χ0n) is 52.3. The Kier molecular flexibility index (Phi) is 50.0. The molecule has 2 heterocycles. The first-order valence-corrected chi connectivity index (χ1v) is 34.8. The van der Waals surface area contributed by atoms with E-state index >= 15 is 0 Å². The van der Waals surface area contributed by atoms with Crippen molar-refractivity contribution in [2.75, 3.05) is 19.8 Å². The lowest BCUT2D eigenvalue weighted by atomic mass is 9.97. The summed E-state index contributed by atoms with van der Waals surface area (Å²) in [6, 6.07) is -0.824. The van der Waals surface area contributed by atoms with Gasteiger partial charge in [0.2, 0.25) is 5.91 Å². The van der Waals surface area contributed by atoms with E-state index in [1.54, 1.807) is 0 Å². The predicted molar refractivity (Wildman–Crippen MR) is 328 cm³/mol. The van der Waals surface area contributed by atoms with Crippen molar-refractivity contribution >= 4 is 5.91 Å². The number of amides is 1. The van der Waals surface area contributed by atoms with Crippen molar-refractivity contribution in [3.05, 3.63) is 0 Å². The summed E-state index contributed by atoms with van der Waals surface area (Å²) in [6.45, 7) is 2.93. The Morgan fingerprint density at radius 2 is 0.704 bits per heavy atom. The van der Waals surface area contributed by atoms with Gasteiger partial charge in [0.15, 0.2) is 12.6 Å². The van der Waals surface area contributed by atoms with E-state index in [9.17, 15) is 45.6 Å². The number of ether oxygens (including phenoxy) is 4. The molecular formula is C67H131NO13. The van der Waals surface area contributed by atoms with Crippen LogP contribution in [-0.4, -0.2) is 140 Å². The second-order valence-corrected chi connectivity index (χ2v) is 25.0. The van der Waals surface area contributed by atoms with Gasteiger partial charge in [0, 0.05) is 6.42 Å². The lowest BCUT2D eigenvalue weighted by molar-refractivity contribution is -0.359. The molecule has 12 atom stereocenters. The topological polar surface area (TPSA) is 228 Å². The van der Waals surface area contributed by atoms with Gasteiger partial charge in [-0.2, -0.15) is 0 Å². The van der Waals surface area contributed by atoms with Crippen molar-refractivity contribution < 1.29 is 64.6 Å². The summed E-state index contributed by atoms with van der Waals surface area (Å²) in [4.78, 5) is 13.3. The molecule has 0 aliphatic carbocycles. The van der Waals surface area contributed by atoms with Crippen LogP contribution in [0.5, 0.6) is 0 Å². The minimum absolute atomic E-state index is 0.197. The first-order chi connectivity index (χ1) is 39.6. The number of aliphatic hydroxyl groups excluding tert-OH is 8. The minimum Gasteiger partial charge on any atom is -0.394 e. The largest absolute Gasteiger partial charge is 0.394 e. The smallest absolute Gasteiger partial charge is 0.220 e. The van der Waals surface area contributed by atoms with Crippen LogP contribution in [0.1, 0.15) is 328 Å². The second kappa shape index (κ2) is 53.2. The maximum atomic E-state index is 13.3. The Morgan fingerprint density at radius 1 is 0.395 bits per heavy atom. The summed E-state index contributed by atoms with van der Waals surface area (Å²) in [5, 5.41) is 87.6. The van der Waals surface area contributed by atoms with E-state index in [4.69, 9.17) is 18.9 Å². The molecule has 14 nitrogen and oxygen atoms in total. The van der Waals surface area contributed by atoms with E-state index in [1.165, 1.54) is 250 Å². The molecule has 2 saturated heterocycles. The van der Waals surface area contributed by atoms with Gasteiger partial charge in [0.1, 0.15) is 48.8 Å². The zero-order valence-corrected chi connectivity index (χ0v) is 52.3. The molecule has 2 fully saturated rings. The van der Waals surface area contributed by atoms with E-state index < -0.39 is 86.8 Å². The predicted octanol–water partition coefficient (Wildman–Crippen LogP) is 13.6. The molecule has 0 radical (unpaired) electrons. The second-order valence-electron chi connectivity index (χ2n) is 25.0. The third-order valence-electron chi connectivity index (χ3n) is 17.6. The number of aliphatic hydroxyl groups is 8. The van der Waals surface area contributed by atoms with Crippen molar-refractivity contribution in [3.63, 3.8) is 0 Å². The maximum absolute atomic E-state index is 13.3. The van der Waals surface area contributed by atoms with Crippen LogP contribution in [0.2, 0.25) is 0 Å². The van der Waals surface area contributed by atoms with Crippen molar-refractivity contribution in [1.82, 2.24) is 5.32 Å². The Hall–Kier alpha value is -1.01. The molecule has 0 aromatic rings. The first-order valence-electron chi connectivity index (χ1n) is 34.8. The Morgan fingerprint density at radius 3 is 1.05 bits per heavy atom. The third-order valence-corrected chi connectivity index (χ3v) is 17.6. The molecule has 12 unspecified atom stereocenters. The van der Waals surface area contributed by atoms with Gasteiger partial charge in [-0.25, -0.2) is 0 Å². The molecule has 14 heteroatoms. The molecule has 0 aromatic heterocycles. The van der Waals surface area contributed by atoms with Crippen molar-refractivity contribution in [3.8, 4) is 0 Å². The standard InChI is InChI=1S/C67H131NO13/c1-3-5-7-9-11-13-15-17-19-21-23-25-26-27-28-29-31-33-35-37-39-41-43-45-47-49-51-59(72)68-55(56(71)50-48-46-44-42-40-38-36-34-32-30-24-22-20-18-16-14-12-10-8-6-4-2)54-78-66-64(77)62(75)65(58(53-70)80-66)81-67-63(76)61(74)60(73)57(52-69)79-67/h55-58,60-67,69-71,73-77H,3-54H2,1-2H3,(H,68,72). The summed E-state index contributed by atoms with van der Waals surface area (Å²) < 4.78 is 22.9. The van der Waals surface area contributed by atoms with Gasteiger partial charge in [-0.3, -0.25) is 4.79 Å². The summed E-state index contributed by atoms with van der Waals surface area (Å²) in [7, 11) is 0. The minimum atomic E-state index is -1.78. The number of hydrogen-bond donors (Lipinski definition) is 9. The van der Waals surface area contributed by atoms with Gasteiger partial charge in [-0.05, 0) is 12.8 Å². The number of nitrogens with one attached hydrogen (secondary N) is 1. The summed E-state index contributed by atoms with van der Waals surface area (Å²) in [5.74, 6) is -0.197. The van der Waals surface area contributed by atoms with Crippen LogP contribution in [0.4, 0.5) is 0 Å². The van der Waals surface area contributed by atoms with Gasteiger partial charge in [-0.15, -0.1) is 0 Å². The summed E-state index contributed by atoms with van der Waals surface area (Å²) >= 11 is 0. The summed E-state index contributed by atoms with van der Waals surface area (Å²) in [5.41, 5.74) is 0. The van der Waals surface area contributed by atoms with Gasteiger partial charge in [0.05, 0.1) is 32.0 Å². The lowest BCUT2D eigenvalue weighted by Gasteiger charge is -2.46. The number of carbonyl (C=O) groups is 1. The molecule has 2 aliphatic rings. The number of unbranched alkanes of at least 4 members (excludes halogenated alkanes) is 45. The molecule has 0 bridgehead atoms. The Balaban J connectivity index is 1.67. The van der Waals surface area contributed by atoms with Crippen LogP contribution in [0.15, 0.2) is 0 Å². The zero-order chi connectivity index (χ0) is 58.8. The molecule has 81 heavy (non-hydrogen) atoms. The lowest BCUT2D eigenvalue weighted by Crippen LogP contribution is -2.65. The fraction of sp³-hybridized carbons (Fsp3) is 0.985. The SMILES string of the molecule is CCCCCCCCCCCCCCCCCCCCCCCCCCCCC(=O)NC(COC1OC(CO)C(OC2OC(CO)C(O)C(O)C2O)C(O)C1O)C(O)CCCCCCCCCCCCCCCCCCCCCCC. The molecule has 2 rings (SSSR count). The fourth-order valence-electron chi connectivity index (χ4n) is 12.0. The van der Waals surface area contributed by atoms with E-state index in [1.807, 2.05) is 0 Å². The molecule has 0 saturated carbocycles. The quantitative estimate of drug-likeness (QED) is 0.0259. The van der Waals surface area contributed by atoms with Crippen LogP contribution in [0, 0.1) is 0 Å². The number of carbonyl (C=O) groups excluding carboxylic acids is 1. The number of rotatable bonds is 58. The van der Waals surface area contributed by atoms with Crippen molar-refractivity contribution in [2.45, 2.75) is 402 Å². The molecule has 482 valence electrons. The van der Waals surface area contributed by atoms with Crippen molar-refractivity contribution in [2.24, 2.45) is 0 Å². The van der Waals surface area contributed by atoms with Crippen LogP contribution in [-0.2, 0) is 23.7 Å². The van der Waals surface area contributed by atoms with E-state index in [-0.39, 0.29) is 12.5 Å². The van der Waals surface area contributed by atoms with E-state index in [2.05, 4.69) is 19.2 Å². The maximum Gasteiger partial charge on any atom is 0.220 e. The average Bonchev–Trinajstić information content (AvgIpc) is 3.64. The van der Waals surface area contributed by atoms with Gasteiger partial charge < -0.3 is 65.1 Å². The summed E-state index contributed by atoms with van der Waals surface area (Å²) in [6.07, 6.45) is 45.4. The average molecular weight is 1160 g/mol. The van der Waals surface area contributed by atoms with Crippen molar-refractivity contribution in [1.29, 1.82) is 0 Å². The molecule has 2 aliphatic heterocycles. The number of hydrogen-bond acceptors (Lipinski definition) is 13. The third kappa shape index (κ3) is 38.0. The molecule has 0 aromatic carbocycles. The highest BCUT2D eigenvalue weighted by molar-refractivity contribution is 5.76. The first kappa shape index (κ1) is 76.1. The Bertz CT molecular complexity index is 1360. The van der Waals surface area contributed by atoms with Crippen LogP contribution < -0.4 is 5.32 Å². The highest BCUT2D eigenvalue weighted by atomic mass is 16.7. The van der Waals surface area contributed by atoms with Crippen LogP contribution in [0.3, 0.4) is 0 Å². The molecule has 1 amide bonds. The molecular weight excluding hydrogens is 1030 g/mol. The Labute approximate surface area is 495 Å². The van der Waals surface area contributed by atoms with Gasteiger partial charge >= 0.3 is 0 Å². The van der Waals surface area contributed by atoms with Gasteiger partial charge in [-0.1, -0.05) is 309 Å². The normalized spacial score (nSPS) is 24.0. The van der Waals surface area contributed by atoms with Crippen LogP contribution >= 0.6 is 0 Å². The molecule has 0 spiro atoms. The van der Waals surface area contributed by atoms with E-state index in [0.717, 1.165) is 51.4 Å². The molecule has 9 N–H and O–H groups in total.